The van der Waals surface area contributed by atoms with Crippen LogP contribution in [-0.2, 0) is 19.1 Å². The maximum atomic E-state index is 12.9. The second kappa shape index (κ2) is 7.65. The summed E-state index contributed by atoms with van der Waals surface area (Å²) in [6.07, 6.45) is 13.2. The van der Waals surface area contributed by atoms with Crippen molar-refractivity contribution < 1.29 is 19.1 Å². The lowest BCUT2D eigenvalue weighted by Gasteiger charge is -2.63. The number of rotatable bonds is 6. The van der Waals surface area contributed by atoms with E-state index in [1.54, 1.807) is 0 Å². The molecule has 5 rings (SSSR count). The zero-order chi connectivity index (χ0) is 19.9. The van der Waals surface area contributed by atoms with Gasteiger partial charge in [-0.3, -0.25) is 4.79 Å². The molecule has 0 unspecified atom stereocenters. The van der Waals surface area contributed by atoms with E-state index >= 15 is 0 Å². The zero-order valence-electron chi connectivity index (χ0n) is 18.0. The second-order valence-electron chi connectivity index (χ2n) is 10.8. The highest BCUT2D eigenvalue weighted by Gasteiger charge is 2.62. The van der Waals surface area contributed by atoms with Crippen LogP contribution in [0.25, 0.3) is 0 Å². The molecule has 0 radical (unpaired) electrons. The van der Waals surface area contributed by atoms with Gasteiger partial charge in [0.25, 0.3) is 0 Å². The van der Waals surface area contributed by atoms with E-state index in [0.717, 1.165) is 11.8 Å². The predicted octanol–water partition coefficient (Wildman–Crippen LogP) is 5.28. The van der Waals surface area contributed by atoms with E-state index in [1.807, 2.05) is 20.8 Å². The fraction of sp³-hybridized carbons (Fsp3) is 0.917. The van der Waals surface area contributed by atoms with Crippen LogP contribution >= 0.6 is 0 Å². The van der Waals surface area contributed by atoms with E-state index in [4.69, 9.17) is 9.47 Å². The molecule has 5 aliphatic carbocycles. The van der Waals surface area contributed by atoms with Gasteiger partial charge in [-0.1, -0.05) is 26.2 Å². The van der Waals surface area contributed by atoms with Crippen LogP contribution in [0.4, 0.5) is 0 Å². The van der Waals surface area contributed by atoms with Crippen molar-refractivity contribution in [1.82, 2.24) is 0 Å². The number of esters is 2. The van der Waals surface area contributed by atoms with E-state index in [1.165, 1.54) is 64.2 Å². The Bertz CT molecular complexity index is 568. The van der Waals surface area contributed by atoms with Gasteiger partial charge in [0.15, 0.2) is 6.61 Å². The summed E-state index contributed by atoms with van der Waals surface area (Å²) in [5.74, 6) is 2.63. The van der Waals surface area contributed by atoms with Crippen molar-refractivity contribution >= 4 is 11.9 Å². The average Bonchev–Trinajstić information content (AvgIpc) is 2.69. The summed E-state index contributed by atoms with van der Waals surface area (Å²) in [5.41, 5.74) is -0.832. The van der Waals surface area contributed by atoms with Crippen LogP contribution < -0.4 is 0 Å². The summed E-state index contributed by atoms with van der Waals surface area (Å²) in [5, 5.41) is 0. The van der Waals surface area contributed by atoms with Crippen molar-refractivity contribution in [2.24, 2.45) is 35.0 Å². The third kappa shape index (κ3) is 3.50. The summed E-state index contributed by atoms with van der Waals surface area (Å²) < 4.78 is 11.8. The molecule has 0 aromatic heterocycles. The Labute approximate surface area is 170 Å². The van der Waals surface area contributed by atoms with E-state index in [9.17, 15) is 9.59 Å². The molecule has 4 bridgehead atoms. The largest absolute Gasteiger partial charge is 0.456 e. The molecule has 5 saturated carbocycles. The highest BCUT2D eigenvalue weighted by Crippen LogP contribution is 2.63. The zero-order valence-corrected chi connectivity index (χ0v) is 18.0. The Hall–Kier alpha value is -1.06. The molecule has 0 aromatic carbocycles. The Morgan fingerprint density at radius 1 is 0.893 bits per heavy atom. The molecule has 0 atom stereocenters. The van der Waals surface area contributed by atoms with Gasteiger partial charge in [-0.15, -0.1) is 0 Å². The molecule has 0 spiro atoms. The van der Waals surface area contributed by atoms with E-state index in [-0.39, 0.29) is 24.1 Å². The van der Waals surface area contributed by atoms with Gasteiger partial charge < -0.3 is 9.47 Å². The van der Waals surface area contributed by atoms with E-state index < -0.39 is 5.41 Å². The maximum absolute atomic E-state index is 12.9. The summed E-state index contributed by atoms with van der Waals surface area (Å²) in [7, 11) is 0. The molecule has 5 aliphatic rings. The van der Waals surface area contributed by atoms with Crippen molar-refractivity contribution in [3.8, 4) is 0 Å². The van der Waals surface area contributed by atoms with Gasteiger partial charge in [-0.2, -0.15) is 0 Å². The highest BCUT2D eigenvalue weighted by atomic mass is 16.6. The molecular weight excluding hydrogens is 352 g/mol. The van der Waals surface area contributed by atoms with Crippen molar-refractivity contribution in [1.29, 1.82) is 0 Å². The Balaban J connectivity index is 1.49. The molecule has 0 amide bonds. The minimum atomic E-state index is -0.552. The highest BCUT2D eigenvalue weighted by molar-refractivity contribution is 5.80. The summed E-state index contributed by atoms with van der Waals surface area (Å²) in [4.78, 5) is 25.2. The van der Waals surface area contributed by atoms with E-state index in [2.05, 4.69) is 0 Å². The van der Waals surface area contributed by atoms with Crippen LogP contribution in [0.15, 0.2) is 0 Å². The molecule has 5 fully saturated rings. The van der Waals surface area contributed by atoms with Gasteiger partial charge in [-0.05, 0) is 94.8 Å². The van der Waals surface area contributed by atoms with E-state index in [0.29, 0.717) is 24.2 Å². The Morgan fingerprint density at radius 3 is 2.00 bits per heavy atom. The van der Waals surface area contributed by atoms with Crippen LogP contribution in [0.3, 0.4) is 0 Å². The molecule has 0 aromatic rings. The lowest BCUT2D eigenvalue weighted by Crippen LogP contribution is -2.63. The first kappa shape index (κ1) is 20.2. The molecule has 0 saturated heterocycles. The van der Waals surface area contributed by atoms with Gasteiger partial charge in [0.2, 0.25) is 0 Å². The Morgan fingerprint density at radius 2 is 1.46 bits per heavy atom. The van der Waals surface area contributed by atoms with Crippen LogP contribution in [0.1, 0.15) is 91.4 Å². The third-order valence-corrected chi connectivity index (χ3v) is 8.71. The lowest BCUT2D eigenvalue weighted by molar-refractivity contribution is -0.235. The normalized spacial score (nSPS) is 37.7. The maximum Gasteiger partial charge on any atom is 0.344 e. The molecule has 0 N–H and O–H groups in total. The van der Waals surface area contributed by atoms with Crippen molar-refractivity contribution in [2.75, 3.05) is 6.61 Å². The third-order valence-electron chi connectivity index (χ3n) is 8.71. The quantitative estimate of drug-likeness (QED) is 0.579. The molecule has 28 heavy (non-hydrogen) atoms. The summed E-state index contributed by atoms with van der Waals surface area (Å²) >= 11 is 0. The molecular formula is C24H38O4. The van der Waals surface area contributed by atoms with Crippen molar-refractivity contribution in [2.45, 2.75) is 97.0 Å². The van der Waals surface area contributed by atoms with Gasteiger partial charge in [0, 0.05) is 0 Å². The first-order valence-electron chi connectivity index (χ1n) is 11.7. The van der Waals surface area contributed by atoms with Gasteiger partial charge in [-0.25, -0.2) is 4.79 Å². The minimum absolute atomic E-state index is 0.233. The first-order valence-corrected chi connectivity index (χ1v) is 11.7. The van der Waals surface area contributed by atoms with Crippen molar-refractivity contribution in [3.63, 3.8) is 0 Å². The number of carbonyl (C=O) groups is 2. The molecule has 0 heterocycles. The molecule has 4 nitrogen and oxygen atoms in total. The van der Waals surface area contributed by atoms with Crippen LogP contribution in [0, 0.1) is 35.0 Å². The SMILES string of the molecule is CCC(C)(C)C(=O)OCC(=O)OC1(C2CCCCC2)C2CC3CC(C2)CC1C3. The summed E-state index contributed by atoms with van der Waals surface area (Å²) in [6.45, 7) is 5.46. The first-order chi connectivity index (χ1) is 13.3. The Kier molecular flexibility index (Phi) is 5.52. The summed E-state index contributed by atoms with van der Waals surface area (Å²) in [6, 6.07) is 0. The van der Waals surface area contributed by atoms with Gasteiger partial charge >= 0.3 is 11.9 Å². The number of ether oxygens (including phenoxy) is 2. The predicted molar refractivity (Wildman–Crippen MR) is 107 cm³/mol. The van der Waals surface area contributed by atoms with Gasteiger partial charge in [0.1, 0.15) is 5.60 Å². The second-order valence-corrected chi connectivity index (χ2v) is 10.8. The molecule has 0 aliphatic heterocycles. The van der Waals surface area contributed by atoms with Crippen molar-refractivity contribution in [3.05, 3.63) is 0 Å². The monoisotopic (exact) mass is 390 g/mol. The number of hydrogen-bond donors (Lipinski definition) is 0. The van der Waals surface area contributed by atoms with Gasteiger partial charge in [0.05, 0.1) is 5.41 Å². The van der Waals surface area contributed by atoms with Crippen LogP contribution in [0.2, 0.25) is 0 Å². The lowest BCUT2D eigenvalue weighted by atomic mass is 9.46. The fourth-order valence-corrected chi connectivity index (χ4v) is 7.08. The number of hydrogen-bond acceptors (Lipinski definition) is 4. The minimum Gasteiger partial charge on any atom is -0.456 e. The van der Waals surface area contributed by atoms with Crippen LogP contribution in [0.5, 0.6) is 0 Å². The number of carbonyl (C=O) groups excluding carboxylic acids is 2. The molecule has 158 valence electrons. The standard InChI is InChI=1S/C24H38O4/c1-4-23(2,3)22(26)27-15-21(25)28-24(18-8-6-5-7-9-18)19-11-16-10-17(13-19)14-20(24)12-16/h16-20H,4-15H2,1-3H3. The average molecular weight is 391 g/mol. The fourth-order valence-electron chi connectivity index (χ4n) is 7.08. The molecule has 4 heteroatoms. The topological polar surface area (TPSA) is 52.6 Å². The van der Waals surface area contributed by atoms with Crippen LogP contribution in [-0.4, -0.2) is 24.1 Å². The smallest absolute Gasteiger partial charge is 0.344 e.